The number of hydrogen-bond acceptors (Lipinski definition) is 1. The van der Waals surface area contributed by atoms with Gasteiger partial charge in [-0.2, -0.15) is 0 Å². The molecule has 0 aliphatic rings. The van der Waals surface area contributed by atoms with Gasteiger partial charge < -0.3 is 0 Å². The normalized spacial score (nSPS) is 9.73. The van der Waals surface area contributed by atoms with Crippen molar-refractivity contribution in [3.05, 3.63) is 30.1 Å². The molecule has 0 N–H and O–H groups in total. The lowest BCUT2D eigenvalue weighted by Gasteiger charge is -2.09. The van der Waals surface area contributed by atoms with Crippen molar-refractivity contribution in [2.24, 2.45) is 0 Å². The Hall–Kier alpha value is -1.12. The Morgan fingerprint density at radius 3 is 2.73 bits per heavy atom. The van der Waals surface area contributed by atoms with Crippen LogP contribution in [0.4, 0.5) is 14.6 Å². The monoisotopic (exact) mass is 157 g/mol. The minimum Gasteiger partial charge on any atom is -0.212 e. The first-order chi connectivity index (χ1) is 5.24. The topological polar surface area (TPSA) is 3.24 Å². The second kappa shape index (κ2) is 3.32. The molecule has 1 rings (SSSR count). The van der Waals surface area contributed by atoms with Crippen molar-refractivity contribution in [3.63, 3.8) is 0 Å². The maximum atomic E-state index is 12.7. The van der Waals surface area contributed by atoms with Gasteiger partial charge in [-0.05, 0) is 25.1 Å². The van der Waals surface area contributed by atoms with Gasteiger partial charge in [-0.15, -0.1) is 0 Å². The summed E-state index contributed by atoms with van der Waals surface area (Å²) in [4.78, 5) is 0. The molecule has 1 aromatic rings. The zero-order chi connectivity index (χ0) is 8.27. The minimum absolute atomic E-state index is 0.226. The molecule has 0 saturated heterocycles. The smallest absolute Gasteiger partial charge is 0.125 e. The summed E-state index contributed by atoms with van der Waals surface area (Å²) in [5.74, 6) is -0.418. The van der Waals surface area contributed by atoms with Crippen LogP contribution in [0.25, 0.3) is 0 Å². The first-order valence-electron chi connectivity index (χ1n) is 3.43. The Bertz CT molecular complexity index is 237. The molecule has 0 fully saturated rings. The average molecular weight is 157 g/mol. The van der Waals surface area contributed by atoms with E-state index in [1.807, 2.05) is 0 Å². The van der Waals surface area contributed by atoms with Crippen LogP contribution in [-0.4, -0.2) is 6.54 Å². The standard InChI is InChI=1S/C8H9F2N/c1-2-11(10)8-5-3-4-7(9)6-8/h3-6H,2H2,1H3. The second-order valence-electron chi connectivity index (χ2n) is 2.16. The zero-order valence-electron chi connectivity index (χ0n) is 6.22. The molecule has 0 aliphatic carbocycles. The molecular formula is C8H9F2N. The van der Waals surface area contributed by atoms with Crippen LogP contribution in [0, 0.1) is 5.82 Å². The molecule has 1 aromatic carbocycles. The molecule has 60 valence electrons. The number of anilines is 1. The van der Waals surface area contributed by atoms with Gasteiger partial charge >= 0.3 is 0 Å². The van der Waals surface area contributed by atoms with E-state index in [4.69, 9.17) is 0 Å². The first-order valence-corrected chi connectivity index (χ1v) is 3.43. The highest BCUT2D eigenvalue weighted by molar-refractivity contribution is 5.43. The van der Waals surface area contributed by atoms with Gasteiger partial charge in [0.15, 0.2) is 0 Å². The SMILES string of the molecule is CCN(F)c1cccc(F)c1. The van der Waals surface area contributed by atoms with Gasteiger partial charge in [0.1, 0.15) is 5.82 Å². The Kier molecular flexibility index (Phi) is 2.41. The highest BCUT2D eigenvalue weighted by Crippen LogP contribution is 2.14. The molecule has 0 unspecified atom stereocenters. The van der Waals surface area contributed by atoms with Crippen LogP contribution < -0.4 is 5.12 Å². The molecule has 0 heterocycles. The van der Waals surface area contributed by atoms with Crippen molar-refractivity contribution in [1.82, 2.24) is 0 Å². The predicted octanol–water partition coefficient (Wildman–Crippen LogP) is 2.54. The van der Waals surface area contributed by atoms with Gasteiger partial charge in [0.2, 0.25) is 0 Å². The summed E-state index contributed by atoms with van der Waals surface area (Å²) >= 11 is 0. The molecule has 0 amide bonds. The summed E-state index contributed by atoms with van der Waals surface area (Å²) in [6, 6.07) is 5.44. The van der Waals surface area contributed by atoms with E-state index in [1.54, 1.807) is 6.92 Å². The molecule has 0 bridgehead atoms. The minimum atomic E-state index is -0.418. The fraction of sp³-hybridized carbons (Fsp3) is 0.250. The highest BCUT2D eigenvalue weighted by Gasteiger charge is 2.01. The molecule has 3 heteroatoms. The van der Waals surface area contributed by atoms with Crippen LogP contribution in [0.15, 0.2) is 24.3 Å². The molecule has 0 spiro atoms. The second-order valence-corrected chi connectivity index (χ2v) is 2.16. The lowest BCUT2D eigenvalue weighted by molar-refractivity contribution is 0.443. The number of benzene rings is 1. The zero-order valence-corrected chi connectivity index (χ0v) is 6.22. The fourth-order valence-electron chi connectivity index (χ4n) is 0.810. The van der Waals surface area contributed by atoms with Crippen LogP contribution in [0.5, 0.6) is 0 Å². The maximum absolute atomic E-state index is 12.7. The maximum Gasteiger partial charge on any atom is 0.125 e. The van der Waals surface area contributed by atoms with Crippen LogP contribution in [-0.2, 0) is 0 Å². The van der Waals surface area contributed by atoms with Crippen molar-refractivity contribution in [2.45, 2.75) is 6.92 Å². The fourth-order valence-corrected chi connectivity index (χ4v) is 0.810. The van der Waals surface area contributed by atoms with E-state index < -0.39 is 5.82 Å². The first kappa shape index (κ1) is 7.98. The molecular weight excluding hydrogens is 148 g/mol. The van der Waals surface area contributed by atoms with Gasteiger partial charge in [0, 0.05) is 6.54 Å². The quantitative estimate of drug-likeness (QED) is 0.596. The van der Waals surface area contributed by atoms with E-state index >= 15 is 0 Å². The van der Waals surface area contributed by atoms with Crippen LogP contribution in [0.3, 0.4) is 0 Å². The molecule has 11 heavy (non-hydrogen) atoms. The third kappa shape index (κ3) is 1.90. The molecule has 0 radical (unpaired) electrons. The van der Waals surface area contributed by atoms with Gasteiger partial charge in [-0.25, -0.2) is 9.51 Å². The van der Waals surface area contributed by atoms with Gasteiger partial charge in [-0.1, -0.05) is 10.5 Å². The van der Waals surface area contributed by atoms with E-state index in [2.05, 4.69) is 0 Å². The largest absolute Gasteiger partial charge is 0.212 e. The lowest BCUT2D eigenvalue weighted by atomic mass is 10.3. The van der Waals surface area contributed by atoms with Crippen molar-refractivity contribution in [3.8, 4) is 0 Å². The van der Waals surface area contributed by atoms with Gasteiger partial charge in [0.25, 0.3) is 0 Å². The van der Waals surface area contributed by atoms with E-state index in [9.17, 15) is 8.87 Å². The molecule has 0 atom stereocenters. The summed E-state index contributed by atoms with van der Waals surface area (Å²) in [6.07, 6.45) is 0. The summed E-state index contributed by atoms with van der Waals surface area (Å²) in [6.45, 7) is 1.88. The number of halogens is 2. The van der Waals surface area contributed by atoms with Crippen molar-refractivity contribution in [2.75, 3.05) is 11.7 Å². The summed E-state index contributed by atoms with van der Waals surface area (Å²) in [5.41, 5.74) is 0.257. The third-order valence-electron chi connectivity index (χ3n) is 1.37. The molecule has 0 saturated carbocycles. The molecule has 0 aromatic heterocycles. The van der Waals surface area contributed by atoms with E-state index in [1.165, 1.54) is 18.2 Å². The highest BCUT2D eigenvalue weighted by atomic mass is 19.2. The Balaban J connectivity index is 2.86. The van der Waals surface area contributed by atoms with Gasteiger partial charge in [0.05, 0.1) is 5.69 Å². The number of rotatable bonds is 2. The van der Waals surface area contributed by atoms with Gasteiger partial charge in [-0.3, -0.25) is 0 Å². The predicted molar refractivity (Wildman–Crippen MR) is 40.5 cm³/mol. The van der Waals surface area contributed by atoms with Crippen LogP contribution in [0.1, 0.15) is 6.92 Å². The van der Waals surface area contributed by atoms with E-state index in [-0.39, 0.29) is 12.2 Å². The van der Waals surface area contributed by atoms with E-state index in [0.717, 1.165) is 6.07 Å². The summed E-state index contributed by atoms with van der Waals surface area (Å²) < 4.78 is 25.2. The summed E-state index contributed by atoms with van der Waals surface area (Å²) in [5, 5.41) is 0.489. The average Bonchev–Trinajstić information content (AvgIpc) is 2.03. The van der Waals surface area contributed by atoms with Crippen molar-refractivity contribution < 1.29 is 8.87 Å². The van der Waals surface area contributed by atoms with Crippen LogP contribution in [0.2, 0.25) is 0 Å². The van der Waals surface area contributed by atoms with Crippen molar-refractivity contribution >= 4 is 5.69 Å². The Morgan fingerprint density at radius 1 is 1.45 bits per heavy atom. The third-order valence-corrected chi connectivity index (χ3v) is 1.37. The van der Waals surface area contributed by atoms with Crippen LogP contribution >= 0.6 is 0 Å². The summed E-state index contributed by atoms with van der Waals surface area (Å²) in [7, 11) is 0. The molecule has 0 aliphatic heterocycles. The lowest BCUT2D eigenvalue weighted by Crippen LogP contribution is -2.09. The Morgan fingerprint density at radius 2 is 2.18 bits per heavy atom. The Labute approximate surface area is 64.2 Å². The van der Waals surface area contributed by atoms with E-state index in [0.29, 0.717) is 5.12 Å². The molecule has 1 nitrogen and oxygen atoms in total. The number of nitrogens with zero attached hydrogens (tertiary/aromatic N) is 1. The number of hydrogen-bond donors (Lipinski definition) is 0. The van der Waals surface area contributed by atoms with Crippen molar-refractivity contribution in [1.29, 1.82) is 0 Å².